The predicted molar refractivity (Wildman–Crippen MR) is 83.1 cm³/mol. The number of likely N-dealkylation sites (tertiary alicyclic amines) is 1. The van der Waals surface area contributed by atoms with Crippen LogP contribution >= 0.6 is 12.2 Å². The third-order valence-corrected chi connectivity index (χ3v) is 4.12. The van der Waals surface area contributed by atoms with Gasteiger partial charge in [0.2, 0.25) is 5.91 Å². The van der Waals surface area contributed by atoms with E-state index in [1.807, 2.05) is 17.0 Å². The van der Waals surface area contributed by atoms with Gasteiger partial charge in [-0.2, -0.15) is 0 Å². The van der Waals surface area contributed by atoms with Gasteiger partial charge >= 0.3 is 0 Å². The Labute approximate surface area is 125 Å². The molecule has 108 valence electrons. The molecule has 1 atom stereocenters. The quantitative estimate of drug-likeness (QED) is 0.867. The summed E-state index contributed by atoms with van der Waals surface area (Å²) in [4.78, 5) is 18.5. The Kier molecular flexibility index (Phi) is 4.09. The van der Waals surface area contributed by atoms with Crippen LogP contribution in [0.3, 0.4) is 0 Å². The Morgan fingerprint density at radius 3 is 2.80 bits per heavy atom. The van der Waals surface area contributed by atoms with Gasteiger partial charge in [0.1, 0.15) is 10.7 Å². The molecule has 1 fully saturated rings. The molecular weight excluding hydrogens is 270 g/mol. The van der Waals surface area contributed by atoms with Crippen molar-refractivity contribution in [3.8, 4) is 0 Å². The zero-order valence-electron chi connectivity index (χ0n) is 12.2. The molecule has 1 aliphatic heterocycles. The SMILES string of the molecule is CC(C)(C)C1CC(=O)N(Cc2cccnc2C(N)=S)C1. The van der Waals surface area contributed by atoms with E-state index in [1.54, 1.807) is 6.20 Å². The van der Waals surface area contributed by atoms with Crippen LogP contribution in [-0.4, -0.2) is 27.3 Å². The van der Waals surface area contributed by atoms with E-state index in [9.17, 15) is 4.79 Å². The molecule has 2 N–H and O–H groups in total. The molecule has 1 unspecified atom stereocenters. The Balaban J connectivity index is 2.16. The maximum Gasteiger partial charge on any atom is 0.223 e. The minimum absolute atomic E-state index is 0.144. The Morgan fingerprint density at radius 2 is 2.25 bits per heavy atom. The highest BCUT2D eigenvalue weighted by Crippen LogP contribution is 2.34. The van der Waals surface area contributed by atoms with Crippen molar-refractivity contribution in [3.05, 3.63) is 29.6 Å². The molecule has 1 amide bonds. The molecule has 0 radical (unpaired) electrons. The van der Waals surface area contributed by atoms with E-state index in [2.05, 4.69) is 25.8 Å². The average molecular weight is 291 g/mol. The van der Waals surface area contributed by atoms with Gasteiger partial charge in [-0.15, -0.1) is 0 Å². The fourth-order valence-corrected chi connectivity index (χ4v) is 2.68. The van der Waals surface area contributed by atoms with Crippen molar-refractivity contribution in [2.45, 2.75) is 33.7 Å². The lowest BCUT2D eigenvalue weighted by atomic mass is 9.80. The molecular formula is C15H21N3OS. The second-order valence-corrected chi connectivity index (χ2v) is 6.86. The van der Waals surface area contributed by atoms with E-state index >= 15 is 0 Å². The smallest absolute Gasteiger partial charge is 0.223 e. The molecule has 0 aromatic carbocycles. The molecule has 4 nitrogen and oxygen atoms in total. The number of nitrogens with two attached hydrogens (primary N) is 1. The number of carbonyl (C=O) groups excluding carboxylic acids is 1. The van der Waals surface area contributed by atoms with E-state index in [1.165, 1.54) is 0 Å². The summed E-state index contributed by atoms with van der Waals surface area (Å²) in [6.07, 6.45) is 2.29. The van der Waals surface area contributed by atoms with Crippen molar-refractivity contribution in [2.24, 2.45) is 17.1 Å². The first-order valence-electron chi connectivity index (χ1n) is 6.80. The second kappa shape index (κ2) is 5.48. The number of rotatable bonds is 3. The lowest BCUT2D eigenvalue weighted by molar-refractivity contribution is -0.128. The third-order valence-electron chi connectivity index (χ3n) is 3.93. The standard InChI is InChI=1S/C15H21N3OS/c1-15(2,3)11-7-12(19)18(9-11)8-10-5-4-6-17-13(10)14(16)20/h4-6,11H,7-9H2,1-3H3,(H2,16,20). The number of aromatic nitrogens is 1. The van der Waals surface area contributed by atoms with Gasteiger partial charge in [0.25, 0.3) is 0 Å². The summed E-state index contributed by atoms with van der Waals surface area (Å²) in [6.45, 7) is 7.86. The maximum absolute atomic E-state index is 12.2. The van der Waals surface area contributed by atoms with Gasteiger partial charge in [-0.1, -0.05) is 39.1 Å². The summed E-state index contributed by atoms with van der Waals surface area (Å²) in [6, 6.07) is 3.78. The first-order chi connectivity index (χ1) is 9.29. The third kappa shape index (κ3) is 3.15. The highest BCUT2D eigenvalue weighted by atomic mass is 32.1. The minimum Gasteiger partial charge on any atom is -0.388 e. The summed E-state index contributed by atoms with van der Waals surface area (Å²) >= 11 is 5.01. The van der Waals surface area contributed by atoms with Gasteiger partial charge in [-0.25, -0.2) is 0 Å². The molecule has 0 aliphatic carbocycles. The van der Waals surface area contributed by atoms with Crippen LogP contribution < -0.4 is 5.73 Å². The number of amides is 1. The van der Waals surface area contributed by atoms with Crippen LogP contribution in [0.15, 0.2) is 18.3 Å². The van der Waals surface area contributed by atoms with Crippen LogP contribution in [0.1, 0.15) is 38.4 Å². The molecule has 1 aromatic heterocycles. The Morgan fingerprint density at radius 1 is 1.55 bits per heavy atom. The molecule has 0 saturated carbocycles. The monoisotopic (exact) mass is 291 g/mol. The molecule has 1 aromatic rings. The van der Waals surface area contributed by atoms with Crippen LogP contribution in [0, 0.1) is 11.3 Å². The van der Waals surface area contributed by atoms with Crippen LogP contribution in [0.4, 0.5) is 0 Å². The molecule has 1 saturated heterocycles. The number of nitrogens with zero attached hydrogens (tertiary/aromatic N) is 2. The lowest BCUT2D eigenvalue weighted by Crippen LogP contribution is -2.28. The molecule has 0 spiro atoms. The predicted octanol–water partition coefficient (Wildman–Crippen LogP) is 2.11. The molecule has 1 aliphatic rings. The van der Waals surface area contributed by atoms with E-state index in [0.29, 0.717) is 24.6 Å². The van der Waals surface area contributed by atoms with E-state index in [0.717, 1.165) is 12.1 Å². The molecule has 20 heavy (non-hydrogen) atoms. The van der Waals surface area contributed by atoms with Crippen molar-refractivity contribution < 1.29 is 4.79 Å². The normalized spacial score (nSPS) is 19.4. The first-order valence-corrected chi connectivity index (χ1v) is 7.21. The molecule has 0 bridgehead atoms. The number of carbonyl (C=O) groups is 1. The van der Waals surface area contributed by atoms with E-state index < -0.39 is 0 Å². The lowest BCUT2D eigenvalue weighted by Gasteiger charge is -2.26. The van der Waals surface area contributed by atoms with E-state index in [-0.39, 0.29) is 16.3 Å². The van der Waals surface area contributed by atoms with Crippen molar-refractivity contribution in [2.75, 3.05) is 6.54 Å². The maximum atomic E-state index is 12.2. The van der Waals surface area contributed by atoms with Crippen LogP contribution in [0.5, 0.6) is 0 Å². The first kappa shape index (κ1) is 14.9. The van der Waals surface area contributed by atoms with Crippen molar-refractivity contribution >= 4 is 23.1 Å². The van der Waals surface area contributed by atoms with Gasteiger partial charge in [0.05, 0.1) is 0 Å². The summed E-state index contributed by atoms with van der Waals surface area (Å²) in [5.41, 5.74) is 7.37. The van der Waals surface area contributed by atoms with Crippen LogP contribution in [0.25, 0.3) is 0 Å². The number of pyridine rings is 1. The minimum atomic E-state index is 0.144. The van der Waals surface area contributed by atoms with Crippen molar-refractivity contribution in [1.29, 1.82) is 0 Å². The Hall–Kier alpha value is -1.49. The number of thiocarbonyl (C=S) groups is 1. The number of hydrogen-bond acceptors (Lipinski definition) is 3. The molecule has 2 heterocycles. The highest BCUT2D eigenvalue weighted by Gasteiger charge is 2.36. The zero-order valence-corrected chi connectivity index (χ0v) is 13.0. The van der Waals surface area contributed by atoms with E-state index in [4.69, 9.17) is 18.0 Å². The fraction of sp³-hybridized carbons (Fsp3) is 0.533. The Bertz CT molecular complexity index is 536. The van der Waals surface area contributed by atoms with Crippen LogP contribution in [-0.2, 0) is 11.3 Å². The number of hydrogen-bond donors (Lipinski definition) is 1. The second-order valence-electron chi connectivity index (χ2n) is 6.42. The zero-order chi connectivity index (χ0) is 14.9. The fourth-order valence-electron chi connectivity index (χ4n) is 2.50. The summed E-state index contributed by atoms with van der Waals surface area (Å²) in [5.74, 6) is 0.586. The van der Waals surface area contributed by atoms with Gasteiger partial charge in [-0.3, -0.25) is 9.78 Å². The summed E-state index contributed by atoms with van der Waals surface area (Å²) in [7, 11) is 0. The van der Waals surface area contributed by atoms with Crippen LogP contribution in [0.2, 0.25) is 0 Å². The van der Waals surface area contributed by atoms with Gasteiger partial charge in [0, 0.05) is 31.3 Å². The average Bonchev–Trinajstić information content (AvgIpc) is 2.71. The molecule has 2 rings (SSSR count). The van der Waals surface area contributed by atoms with Gasteiger partial charge in [-0.05, 0) is 17.4 Å². The molecule has 5 heteroatoms. The highest BCUT2D eigenvalue weighted by molar-refractivity contribution is 7.80. The largest absolute Gasteiger partial charge is 0.388 e. The van der Waals surface area contributed by atoms with Gasteiger partial charge in [0.15, 0.2) is 0 Å². The van der Waals surface area contributed by atoms with Crippen molar-refractivity contribution in [3.63, 3.8) is 0 Å². The topological polar surface area (TPSA) is 59.2 Å². The van der Waals surface area contributed by atoms with Crippen molar-refractivity contribution in [1.82, 2.24) is 9.88 Å². The summed E-state index contributed by atoms with van der Waals surface area (Å²) < 4.78 is 0. The van der Waals surface area contributed by atoms with Gasteiger partial charge < -0.3 is 10.6 Å². The summed E-state index contributed by atoms with van der Waals surface area (Å²) in [5, 5.41) is 0.